The smallest absolute Gasteiger partial charge is 0.227 e. The van der Waals surface area contributed by atoms with E-state index in [1.54, 1.807) is 22.9 Å². The van der Waals surface area contributed by atoms with Gasteiger partial charge in [-0.05, 0) is 36.6 Å². The van der Waals surface area contributed by atoms with Crippen molar-refractivity contribution in [1.82, 2.24) is 14.8 Å². The molecule has 5 nitrogen and oxygen atoms in total. The van der Waals surface area contributed by atoms with Crippen LogP contribution in [0.1, 0.15) is 28.8 Å². The lowest BCUT2D eigenvalue weighted by molar-refractivity contribution is 0.222. The number of fused-ring (bicyclic) bond motifs is 3. The van der Waals surface area contributed by atoms with E-state index in [0.29, 0.717) is 32.5 Å². The van der Waals surface area contributed by atoms with E-state index in [9.17, 15) is 0 Å². The Kier molecular flexibility index (Phi) is 5.28. The number of hydrogen-bond donors (Lipinski definition) is 1. The summed E-state index contributed by atoms with van der Waals surface area (Å²) in [5.41, 5.74) is 3.54. The van der Waals surface area contributed by atoms with Crippen LogP contribution in [0, 0.1) is 5.82 Å². The Morgan fingerprint density at radius 1 is 1.03 bits per heavy atom. The predicted molar refractivity (Wildman–Crippen MR) is 133 cm³/mol. The first-order valence-electron chi connectivity index (χ1n) is 10.5. The molecule has 3 heterocycles. The number of nitrogens with one attached hydrogen (secondary N) is 1. The molecule has 2 aliphatic heterocycles. The highest BCUT2D eigenvalue weighted by Gasteiger charge is 2.42. The van der Waals surface area contributed by atoms with Gasteiger partial charge in [-0.25, -0.2) is 9.07 Å². The van der Waals surface area contributed by atoms with Gasteiger partial charge in [0.1, 0.15) is 17.6 Å². The number of hydrogen-bond acceptors (Lipinski definition) is 5. The molecule has 170 valence electrons. The Balaban J connectivity index is 1.68. The molecule has 0 saturated heterocycles. The second kappa shape index (κ2) is 8.34. The predicted octanol–water partition coefficient (Wildman–Crippen LogP) is 7.01. The fourth-order valence-electron chi connectivity index (χ4n) is 4.51. The molecule has 9 heteroatoms. The number of ether oxygens (including phenoxy) is 1. The van der Waals surface area contributed by atoms with Gasteiger partial charge in [-0.1, -0.05) is 71.4 Å². The molecule has 4 aromatic rings. The van der Waals surface area contributed by atoms with E-state index in [0.717, 1.165) is 22.4 Å². The van der Waals surface area contributed by atoms with E-state index in [1.807, 2.05) is 48.7 Å². The van der Waals surface area contributed by atoms with Gasteiger partial charge in [-0.2, -0.15) is 4.98 Å². The maximum Gasteiger partial charge on any atom is 0.227 e. The number of thioether (sulfide) groups is 1. The number of anilines is 1. The first-order valence-corrected chi connectivity index (χ1v) is 12.5. The molecule has 6 rings (SSSR count). The van der Waals surface area contributed by atoms with Crippen LogP contribution >= 0.6 is 35.0 Å². The summed E-state index contributed by atoms with van der Waals surface area (Å²) in [4.78, 5) is 4.62. The van der Waals surface area contributed by atoms with E-state index >= 15 is 4.39 Å². The third-order valence-corrected chi connectivity index (χ3v) is 7.10. The lowest BCUT2D eigenvalue weighted by Crippen LogP contribution is -2.33. The topological polar surface area (TPSA) is 52.0 Å². The van der Waals surface area contributed by atoms with Gasteiger partial charge in [0.2, 0.25) is 11.1 Å². The van der Waals surface area contributed by atoms with Crippen LogP contribution in [0.5, 0.6) is 5.75 Å². The minimum Gasteiger partial charge on any atom is -0.480 e. The van der Waals surface area contributed by atoms with Crippen molar-refractivity contribution in [3.63, 3.8) is 0 Å². The normalized spacial score (nSPS) is 18.5. The minimum atomic E-state index is -0.616. The van der Waals surface area contributed by atoms with Crippen molar-refractivity contribution in [3.8, 4) is 5.75 Å². The first-order chi connectivity index (χ1) is 16.5. The standard InChI is InChI=1S/C25H17Cl2FN4OS/c1-34-25-30-24-29-21-16-12-13(26)10-11-19(16)33-23(14-6-2-4-8-17(14)27)20(21)22(32(24)31-25)15-7-3-5-9-18(15)28/h2-12,22-23H,1H3,(H,29,30,31)/t22-,23-/m0/s1. The largest absolute Gasteiger partial charge is 0.480 e. The third kappa shape index (κ3) is 3.38. The Labute approximate surface area is 209 Å². The van der Waals surface area contributed by atoms with Crippen LogP contribution in [0.25, 0.3) is 5.70 Å². The van der Waals surface area contributed by atoms with Crippen molar-refractivity contribution in [3.05, 3.63) is 105 Å². The zero-order chi connectivity index (χ0) is 23.4. The fraction of sp³-hybridized carbons (Fsp3) is 0.120. The second-order valence-electron chi connectivity index (χ2n) is 7.91. The molecule has 0 amide bonds. The van der Waals surface area contributed by atoms with Gasteiger partial charge in [0.25, 0.3) is 0 Å². The summed E-state index contributed by atoms with van der Waals surface area (Å²) < 4.78 is 23.5. The summed E-state index contributed by atoms with van der Waals surface area (Å²) in [5.74, 6) is 0.816. The summed E-state index contributed by atoms with van der Waals surface area (Å²) in [6.45, 7) is 0. The van der Waals surface area contributed by atoms with E-state index in [1.165, 1.54) is 17.8 Å². The molecule has 3 aromatic carbocycles. The molecule has 1 aromatic heterocycles. The highest BCUT2D eigenvalue weighted by molar-refractivity contribution is 7.98. The second-order valence-corrected chi connectivity index (χ2v) is 9.52. The van der Waals surface area contributed by atoms with Gasteiger partial charge in [-0.15, -0.1) is 5.10 Å². The van der Waals surface area contributed by atoms with Crippen LogP contribution in [0.2, 0.25) is 10.0 Å². The van der Waals surface area contributed by atoms with Gasteiger partial charge < -0.3 is 10.1 Å². The van der Waals surface area contributed by atoms with Gasteiger partial charge in [-0.3, -0.25) is 0 Å². The van der Waals surface area contributed by atoms with Crippen molar-refractivity contribution in [1.29, 1.82) is 0 Å². The summed E-state index contributed by atoms with van der Waals surface area (Å²) in [5, 5.41) is 9.79. The Morgan fingerprint density at radius 3 is 2.56 bits per heavy atom. The lowest BCUT2D eigenvalue weighted by Gasteiger charge is -2.39. The minimum absolute atomic E-state index is 0.344. The molecule has 34 heavy (non-hydrogen) atoms. The molecular formula is C25H17Cl2FN4OS. The van der Waals surface area contributed by atoms with E-state index < -0.39 is 12.1 Å². The van der Waals surface area contributed by atoms with Crippen LogP contribution in [0.4, 0.5) is 10.3 Å². The highest BCUT2D eigenvalue weighted by Crippen LogP contribution is 2.52. The highest BCUT2D eigenvalue weighted by atomic mass is 35.5. The average Bonchev–Trinajstić information content (AvgIpc) is 3.26. The molecule has 0 unspecified atom stereocenters. The summed E-state index contributed by atoms with van der Waals surface area (Å²) >= 11 is 14.4. The summed E-state index contributed by atoms with van der Waals surface area (Å²) in [6, 6.07) is 19.0. The van der Waals surface area contributed by atoms with Crippen LogP contribution < -0.4 is 10.1 Å². The Hall–Kier alpha value is -3.00. The van der Waals surface area contributed by atoms with E-state index in [4.69, 9.17) is 27.9 Å². The number of nitrogens with zero attached hydrogens (tertiary/aromatic N) is 3. The van der Waals surface area contributed by atoms with Crippen LogP contribution in [-0.2, 0) is 0 Å². The molecule has 2 atom stereocenters. The molecule has 0 aliphatic carbocycles. The van der Waals surface area contributed by atoms with E-state index in [2.05, 4.69) is 15.4 Å². The number of benzene rings is 3. The van der Waals surface area contributed by atoms with Crippen molar-refractivity contribution in [2.45, 2.75) is 17.3 Å². The van der Waals surface area contributed by atoms with Crippen LogP contribution in [0.15, 0.2) is 77.5 Å². The maximum absolute atomic E-state index is 15.3. The third-order valence-electron chi connectivity index (χ3n) is 5.98. The average molecular weight is 511 g/mol. The lowest BCUT2D eigenvalue weighted by atomic mass is 9.84. The maximum atomic E-state index is 15.3. The summed E-state index contributed by atoms with van der Waals surface area (Å²) in [7, 11) is 0. The number of halogens is 3. The zero-order valence-corrected chi connectivity index (χ0v) is 20.1. The Morgan fingerprint density at radius 2 is 1.79 bits per heavy atom. The summed E-state index contributed by atoms with van der Waals surface area (Å²) in [6.07, 6.45) is 1.31. The van der Waals surface area contributed by atoms with Gasteiger partial charge in [0.15, 0.2) is 6.10 Å². The van der Waals surface area contributed by atoms with E-state index in [-0.39, 0.29) is 5.82 Å². The monoisotopic (exact) mass is 510 g/mol. The first kappa shape index (κ1) is 21.5. The van der Waals surface area contributed by atoms with Crippen molar-refractivity contribution in [2.75, 3.05) is 11.6 Å². The quantitative estimate of drug-likeness (QED) is 0.300. The number of rotatable bonds is 3. The Bertz CT molecular complexity index is 1470. The van der Waals surface area contributed by atoms with Crippen molar-refractivity contribution in [2.24, 2.45) is 0 Å². The zero-order valence-electron chi connectivity index (χ0n) is 17.8. The molecular weight excluding hydrogens is 494 g/mol. The van der Waals surface area contributed by atoms with Crippen LogP contribution in [-0.4, -0.2) is 21.0 Å². The van der Waals surface area contributed by atoms with Crippen molar-refractivity contribution < 1.29 is 9.13 Å². The van der Waals surface area contributed by atoms with Crippen molar-refractivity contribution >= 4 is 46.6 Å². The molecule has 0 spiro atoms. The molecule has 2 aliphatic rings. The van der Waals surface area contributed by atoms with Gasteiger partial charge in [0.05, 0.1) is 5.70 Å². The molecule has 0 radical (unpaired) electrons. The van der Waals surface area contributed by atoms with Gasteiger partial charge >= 0.3 is 0 Å². The SMILES string of the molecule is CSc1nc2n(n1)[C@@H](c1ccccc1F)C1=C(N2)c2cc(Cl)ccc2O[C@H]1c1ccccc1Cl. The molecule has 0 saturated carbocycles. The van der Waals surface area contributed by atoms with Gasteiger partial charge in [0, 0.05) is 32.3 Å². The molecule has 0 bridgehead atoms. The molecule has 1 N–H and O–H groups in total. The fourth-order valence-corrected chi connectivity index (χ4v) is 5.27. The number of aromatic nitrogens is 3. The van der Waals surface area contributed by atoms with Crippen LogP contribution in [0.3, 0.4) is 0 Å². The molecule has 0 fully saturated rings.